The maximum atomic E-state index is 11.8. The van der Waals surface area contributed by atoms with Crippen LogP contribution in [0.5, 0.6) is 11.5 Å². The maximum Gasteiger partial charge on any atom is 0.331 e. The first kappa shape index (κ1) is 21.5. The molecule has 1 heterocycles. The Labute approximate surface area is 173 Å². The molecule has 0 atom stereocenters. The highest BCUT2D eigenvalue weighted by atomic mass is 79.9. The van der Waals surface area contributed by atoms with Crippen LogP contribution in [0.2, 0.25) is 0 Å². The maximum absolute atomic E-state index is 11.8. The first-order chi connectivity index (χ1) is 13.5. The van der Waals surface area contributed by atoms with Crippen LogP contribution in [0.25, 0.3) is 0 Å². The molecule has 1 fully saturated rings. The zero-order valence-corrected chi connectivity index (χ0v) is 17.3. The van der Waals surface area contributed by atoms with Crippen molar-refractivity contribution in [1.82, 2.24) is 5.32 Å². The van der Waals surface area contributed by atoms with Gasteiger partial charge in [-0.15, -0.1) is 5.10 Å². The Kier molecular flexibility index (Phi) is 8.03. The van der Waals surface area contributed by atoms with Crippen LogP contribution >= 0.6 is 27.7 Å². The van der Waals surface area contributed by atoms with E-state index in [2.05, 4.69) is 36.2 Å². The van der Waals surface area contributed by atoms with Crippen molar-refractivity contribution in [2.45, 2.75) is 6.92 Å². The Morgan fingerprint density at radius 2 is 2.21 bits per heavy atom. The Hall–Kier alpha value is -2.84. The van der Waals surface area contributed by atoms with Crippen LogP contribution < -0.4 is 14.8 Å². The molecular formula is C17H15BrN4O5S. The van der Waals surface area contributed by atoms with Gasteiger partial charge in [-0.2, -0.15) is 10.4 Å². The summed E-state index contributed by atoms with van der Waals surface area (Å²) in [7, 11) is 1.22. The monoisotopic (exact) mass is 466 g/mol. The van der Waals surface area contributed by atoms with E-state index in [1.54, 1.807) is 12.1 Å². The molecule has 0 bridgehead atoms. The molecule has 0 saturated carbocycles. The van der Waals surface area contributed by atoms with E-state index in [1.165, 1.54) is 13.3 Å². The van der Waals surface area contributed by atoms with Crippen LogP contribution in [-0.4, -0.2) is 43.6 Å². The predicted molar refractivity (Wildman–Crippen MR) is 107 cm³/mol. The average Bonchev–Trinajstić information content (AvgIpc) is 3.00. The second kappa shape index (κ2) is 10.5. The van der Waals surface area contributed by atoms with Gasteiger partial charge >= 0.3 is 5.97 Å². The number of hydrogen-bond acceptors (Lipinski definition) is 9. The zero-order valence-electron chi connectivity index (χ0n) is 14.9. The lowest BCUT2D eigenvalue weighted by Gasteiger charge is -2.12. The number of esters is 1. The summed E-state index contributed by atoms with van der Waals surface area (Å²) in [6.45, 7) is 2.13. The molecule has 0 radical (unpaired) electrons. The third-order valence-corrected chi connectivity index (χ3v) is 4.56. The normalized spacial score (nSPS) is 16.3. The minimum atomic E-state index is -0.630. The standard InChI is InChI=1S/C17H15BrN4O5S/c1-3-26-12-7-10(6-11(18)15(12)27-5-4-19)9-20-22-17-21-16(24)13(28-17)8-14(23)25-2/h6-9H,3,5H2,1-2H3,(H,21,22,24)/b13-8+,20-9?. The molecule has 1 aliphatic rings. The van der Waals surface area contributed by atoms with Crippen molar-refractivity contribution in [3.63, 3.8) is 0 Å². The molecule has 0 aromatic heterocycles. The summed E-state index contributed by atoms with van der Waals surface area (Å²) in [5.41, 5.74) is 0.656. The number of carbonyl (C=O) groups excluding carboxylic acids is 2. The van der Waals surface area contributed by atoms with Gasteiger partial charge in [0.25, 0.3) is 5.91 Å². The predicted octanol–water partition coefficient (Wildman–Crippen LogP) is 2.36. The molecule has 1 aromatic rings. The number of thioether (sulfide) groups is 1. The van der Waals surface area contributed by atoms with Crippen LogP contribution in [0.3, 0.4) is 0 Å². The lowest BCUT2D eigenvalue weighted by Crippen LogP contribution is -2.19. The number of rotatable bonds is 7. The third kappa shape index (κ3) is 5.83. The van der Waals surface area contributed by atoms with Gasteiger partial charge in [-0.1, -0.05) is 0 Å². The van der Waals surface area contributed by atoms with E-state index in [4.69, 9.17) is 14.7 Å². The van der Waals surface area contributed by atoms with Gasteiger partial charge in [0, 0.05) is 6.08 Å². The molecule has 0 spiro atoms. The van der Waals surface area contributed by atoms with Crippen LogP contribution in [0.15, 0.2) is 37.8 Å². The summed E-state index contributed by atoms with van der Waals surface area (Å²) in [5.74, 6) is -0.213. The van der Waals surface area contributed by atoms with Crippen LogP contribution in [0.4, 0.5) is 0 Å². The number of benzene rings is 1. The SMILES string of the molecule is CCOc1cc(C=N/N=C2/NC(=O)/C(=C\C(=O)OC)S2)cc(Br)c1OCC#N. The Morgan fingerprint density at radius 1 is 1.43 bits per heavy atom. The van der Waals surface area contributed by atoms with Gasteiger partial charge < -0.3 is 14.2 Å². The smallest absolute Gasteiger partial charge is 0.331 e. The van der Waals surface area contributed by atoms with E-state index in [0.29, 0.717) is 28.1 Å². The molecule has 1 aliphatic heterocycles. The van der Waals surface area contributed by atoms with Crippen molar-refractivity contribution >= 4 is 51.0 Å². The molecule has 1 saturated heterocycles. The fourth-order valence-electron chi connectivity index (χ4n) is 1.96. The topological polar surface area (TPSA) is 122 Å². The molecule has 11 heteroatoms. The zero-order chi connectivity index (χ0) is 20.5. The quantitative estimate of drug-likeness (QED) is 0.283. The largest absolute Gasteiger partial charge is 0.490 e. The number of methoxy groups -OCH3 is 1. The lowest BCUT2D eigenvalue weighted by molar-refractivity contribution is -0.135. The second-order valence-corrected chi connectivity index (χ2v) is 6.83. The van der Waals surface area contributed by atoms with Gasteiger partial charge in [-0.05, 0) is 52.3 Å². The summed E-state index contributed by atoms with van der Waals surface area (Å²) in [4.78, 5) is 23.1. The van der Waals surface area contributed by atoms with Crippen LogP contribution in [-0.2, 0) is 14.3 Å². The highest BCUT2D eigenvalue weighted by Gasteiger charge is 2.25. The van der Waals surface area contributed by atoms with Gasteiger partial charge in [-0.3, -0.25) is 10.1 Å². The number of nitrogens with one attached hydrogen (secondary N) is 1. The van der Waals surface area contributed by atoms with Gasteiger partial charge in [0.05, 0.1) is 29.3 Å². The van der Waals surface area contributed by atoms with Gasteiger partial charge in [-0.25, -0.2) is 4.79 Å². The van der Waals surface area contributed by atoms with E-state index in [0.717, 1.165) is 17.8 Å². The summed E-state index contributed by atoms with van der Waals surface area (Å²) < 4.78 is 16.0. The Balaban J connectivity index is 2.17. The van der Waals surface area contributed by atoms with Crippen LogP contribution in [0.1, 0.15) is 12.5 Å². The number of halogens is 1. The van der Waals surface area contributed by atoms with E-state index >= 15 is 0 Å². The summed E-state index contributed by atoms with van der Waals surface area (Å²) in [6.07, 6.45) is 2.54. The van der Waals surface area contributed by atoms with Crippen molar-refractivity contribution in [2.75, 3.05) is 20.3 Å². The number of amides is 1. The first-order valence-electron chi connectivity index (χ1n) is 7.84. The Morgan fingerprint density at radius 3 is 2.89 bits per heavy atom. The molecule has 146 valence electrons. The summed E-state index contributed by atoms with van der Waals surface area (Å²) >= 11 is 4.35. The van der Waals surface area contributed by atoms with Gasteiger partial charge in [0.2, 0.25) is 0 Å². The van der Waals surface area contributed by atoms with E-state index in [-0.39, 0.29) is 16.7 Å². The van der Waals surface area contributed by atoms with Crippen molar-refractivity contribution in [1.29, 1.82) is 5.26 Å². The molecule has 0 aliphatic carbocycles. The van der Waals surface area contributed by atoms with Crippen molar-refractivity contribution < 1.29 is 23.8 Å². The van der Waals surface area contributed by atoms with Gasteiger partial charge in [0.1, 0.15) is 6.07 Å². The minimum Gasteiger partial charge on any atom is -0.490 e. The fraction of sp³-hybridized carbons (Fsp3) is 0.235. The molecule has 9 nitrogen and oxygen atoms in total. The van der Waals surface area contributed by atoms with E-state index in [1.807, 2.05) is 13.0 Å². The molecule has 1 amide bonds. The fourth-order valence-corrected chi connectivity index (χ4v) is 3.27. The molecule has 1 N–H and O–H groups in total. The first-order valence-corrected chi connectivity index (χ1v) is 9.45. The van der Waals surface area contributed by atoms with Gasteiger partial charge in [0.15, 0.2) is 23.3 Å². The second-order valence-electron chi connectivity index (χ2n) is 4.95. The summed E-state index contributed by atoms with van der Waals surface area (Å²) in [6, 6.07) is 5.31. The number of hydrogen-bond donors (Lipinski definition) is 1. The lowest BCUT2D eigenvalue weighted by atomic mass is 10.2. The number of ether oxygens (including phenoxy) is 3. The Bertz CT molecular complexity index is 908. The number of nitrogens with zero attached hydrogens (tertiary/aromatic N) is 3. The van der Waals surface area contributed by atoms with Crippen molar-refractivity contribution in [3.8, 4) is 17.6 Å². The van der Waals surface area contributed by atoms with Crippen LogP contribution in [0, 0.1) is 11.3 Å². The van der Waals surface area contributed by atoms with Crippen molar-refractivity contribution in [2.24, 2.45) is 10.2 Å². The number of nitriles is 1. The molecule has 2 rings (SSSR count). The minimum absolute atomic E-state index is 0.113. The molecule has 1 aromatic carbocycles. The average molecular weight is 467 g/mol. The van der Waals surface area contributed by atoms with E-state index in [9.17, 15) is 9.59 Å². The molecule has 28 heavy (non-hydrogen) atoms. The molecule has 0 unspecified atom stereocenters. The van der Waals surface area contributed by atoms with E-state index < -0.39 is 11.9 Å². The molecular weight excluding hydrogens is 452 g/mol. The summed E-state index contributed by atoms with van der Waals surface area (Å²) in [5, 5.41) is 19.3. The number of amidine groups is 1. The van der Waals surface area contributed by atoms with Crippen molar-refractivity contribution in [3.05, 3.63) is 33.2 Å². The highest BCUT2D eigenvalue weighted by molar-refractivity contribution is 9.10. The third-order valence-electron chi connectivity index (χ3n) is 3.07. The number of carbonyl (C=O) groups is 2. The highest BCUT2D eigenvalue weighted by Crippen LogP contribution is 2.36.